The topological polar surface area (TPSA) is 69.6 Å². The van der Waals surface area contributed by atoms with Crippen molar-refractivity contribution in [2.45, 2.75) is 32.6 Å². The molecule has 0 aromatic rings. The van der Waals surface area contributed by atoms with Crippen molar-refractivity contribution in [2.24, 2.45) is 17.8 Å². The maximum atomic E-state index is 12.1. The van der Waals surface area contributed by atoms with Crippen LogP contribution < -0.4 is 5.32 Å². The fourth-order valence-electron chi connectivity index (χ4n) is 3.15. The molecule has 1 amide bonds. The number of piperidine rings is 1. The number of carboxylic acid groups (broad SMARTS) is 1. The average Bonchev–Trinajstić information content (AvgIpc) is 2.79. The van der Waals surface area contributed by atoms with E-state index in [1.807, 2.05) is 6.92 Å². The lowest BCUT2D eigenvalue weighted by atomic mass is 9.94. The lowest BCUT2D eigenvalue weighted by Gasteiger charge is -2.23. The number of likely N-dealkylation sites (tertiary alicyclic amines) is 1. The number of hydrogen-bond donors (Lipinski definition) is 2. The third-order valence-corrected chi connectivity index (χ3v) is 4.45. The fraction of sp³-hybridized carbons (Fsp3) is 0.857. The molecule has 2 saturated heterocycles. The Hall–Kier alpha value is -1.10. The van der Waals surface area contributed by atoms with Gasteiger partial charge in [0.1, 0.15) is 0 Å². The number of carbonyl (C=O) groups excluding carboxylic acids is 1. The molecular formula is C14H24N2O3. The lowest BCUT2D eigenvalue weighted by Crippen LogP contribution is -2.33. The summed E-state index contributed by atoms with van der Waals surface area (Å²) in [5.74, 6) is -0.369. The molecule has 1 unspecified atom stereocenters. The predicted molar refractivity (Wildman–Crippen MR) is 71.7 cm³/mol. The Morgan fingerprint density at radius 3 is 2.74 bits per heavy atom. The van der Waals surface area contributed by atoms with Gasteiger partial charge in [0, 0.05) is 19.5 Å². The van der Waals surface area contributed by atoms with Gasteiger partial charge >= 0.3 is 5.97 Å². The second kappa shape index (κ2) is 6.37. The Bertz CT molecular complexity index is 340. The summed E-state index contributed by atoms with van der Waals surface area (Å²) < 4.78 is 0. The van der Waals surface area contributed by atoms with Gasteiger partial charge in [-0.3, -0.25) is 9.59 Å². The van der Waals surface area contributed by atoms with Crippen LogP contribution in [0.1, 0.15) is 32.6 Å². The van der Waals surface area contributed by atoms with Gasteiger partial charge in [-0.15, -0.1) is 0 Å². The first-order chi connectivity index (χ1) is 9.08. The van der Waals surface area contributed by atoms with E-state index in [-0.39, 0.29) is 17.7 Å². The number of nitrogens with one attached hydrogen (secondary N) is 1. The first kappa shape index (κ1) is 14.3. The van der Waals surface area contributed by atoms with Gasteiger partial charge in [-0.2, -0.15) is 0 Å². The zero-order chi connectivity index (χ0) is 13.8. The molecule has 3 atom stereocenters. The number of rotatable bonds is 4. The molecule has 5 heteroatoms. The second-order valence-corrected chi connectivity index (χ2v) is 5.97. The summed E-state index contributed by atoms with van der Waals surface area (Å²) in [5.41, 5.74) is 0. The minimum Gasteiger partial charge on any atom is -0.481 e. The van der Waals surface area contributed by atoms with Crippen molar-refractivity contribution in [1.82, 2.24) is 10.2 Å². The van der Waals surface area contributed by atoms with Crippen LogP contribution in [0, 0.1) is 17.8 Å². The van der Waals surface area contributed by atoms with Crippen LogP contribution in [0.4, 0.5) is 0 Å². The number of carboxylic acids is 1. The van der Waals surface area contributed by atoms with Crippen LogP contribution >= 0.6 is 0 Å². The van der Waals surface area contributed by atoms with E-state index in [4.69, 9.17) is 5.11 Å². The van der Waals surface area contributed by atoms with Gasteiger partial charge in [0.25, 0.3) is 0 Å². The predicted octanol–water partition coefficient (Wildman–Crippen LogP) is 0.945. The van der Waals surface area contributed by atoms with Crippen LogP contribution in [0.15, 0.2) is 0 Å². The van der Waals surface area contributed by atoms with Gasteiger partial charge in [0.15, 0.2) is 0 Å². The van der Waals surface area contributed by atoms with Crippen molar-refractivity contribution in [2.75, 3.05) is 26.2 Å². The molecule has 2 heterocycles. The average molecular weight is 268 g/mol. The molecule has 19 heavy (non-hydrogen) atoms. The molecule has 0 spiro atoms. The summed E-state index contributed by atoms with van der Waals surface area (Å²) in [5, 5.41) is 12.4. The van der Waals surface area contributed by atoms with E-state index in [9.17, 15) is 9.59 Å². The van der Waals surface area contributed by atoms with Crippen molar-refractivity contribution >= 4 is 11.9 Å². The number of nitrogens with zero attached hydrogens (tertiary/aromatic N) is 1. The molecule has 0 bridgehead atoms. The van der Waals surface area contributed by atoms with Gasteiger partial charge in [-0.25, -0.2) is 0 Å². The Morgan fingerprint density at radius 2 is 2.16 bits per heavy atom. The van der Waals surface area contributed by atoms with Crippen LogP contribution in [0.3, 0.4) is 0 Å². The molecule has 0 saturated carbocycles. The van der Waals surface area contributed by atoms with Crippen LogP contribution in [0.25, 0.3) is 0 Å². The van der Waals surface area contributed by atoms with Gasteiger partial charge in [0.05, 0.1) is 5.92 Å². The van der Waals surface area contributed by atoms with Gasteiger partial charge in [-0.05, 0) is 44.2 Å². The Kier molecular flexibility index (Phi) is 4.80. The number of carbonyl (C=O) groups is 2. The smallest absolute Gasteiger partial charge is 0.308 e. The van der Waals surface area contributed by atoms with E-state index in [1.165, 1.54) is 12.8 Å². The fourth-order valence-corrected chi connectivity index (χ4v) is 3.15. The highest BCUT2D eigenvalue weighted by Crippen LogP contribution is 2.25. The van der Waals surface area contributed by atoms with Crippen molar-refractivity contribution in [3.63, 3.8) is 0 Å². The van der Waals surface area contributed by atoms with Gasteiger partial charge in [-0.1, -0.05) is 6.92 Å². The van der Waals surface area contributed by atoms with Crippen LogP contribution in [0.5, 0.6) is 0 Å². The third-order valence-electron chi connectivity index (χ3n) is 4.45. The molecule has 0 aliphatic carbocycles. The minimum absolute atomic E-state index is 0.0674. The highest BCUT2D eigenvalue weighted by Gasteiger charge is 2.36. The maximum Gasteiger partial charge on any atom is 0.308 e. The van der Waals surface area contributed by atoms with E-state index in [2.05, 4.69) is 5.32 Å². The Morgan fingerprint density at radius 1 is 1.37 bits per heavy atom. The highest BCUT2D eigenvalue weighted by molar-refractivity contribution is 5.79. The molecule has 2 aliphatic heterocycles. The third kappa shape index (κ3) is 3.69. The second-order valence-electron chi connectivity index (χ2n) is 5.97. The van der Waals surface area contributed by atoms with Crippen molar-refractivity contribution in [1.29, 1.82) is 0 Å². The SMILES string of the molecule is C[C@@H]1CN(C(=O)CCC2CCCNC2)C[C@H]1C(=O)O. The van der Waals surface area contributed by atoms with Crippen molar-refractivity contribution in [3.8, 4) is 0 Å². The summed E-state index contributed by atoms with van der Waals surface area (Å²) in [4.78, 5) is 24.9. The summed E-state index contributed by atoms with van der Waals surface area (Å²) in [7, 11) is 0. The number of amides is 1. The monoisotopic (exact) mass is 268 g/mol. The molecule has 108 valence electrons. The van der Waals surface area contributed by atoms with Gasteiger partial charge < -0.3 is 15.3 Å². The highest BCUT2D eigenvalue weighted by atomic mass is 16.4. The standard InChI is InChI=1S/C14H24N2O3/c1-10-8-16(9-12(10)14(18)19)13(17)5-4-11-3-2-6-15-7-11/h10-12,15H,2-9H2,1H3,(H,18,19)/t10-,11?,12-/m1/s1. The summed E-state index contributed by atoms with van der Waals surface area (Å²) in [6.07, 6.45) is 3.88. The maximum absolute atomic E-state index is 12.1. The van der Waals surface area contributed by atoms with E-state index < -0.39 is 5.97 Å². The molecule has 5 nitrogen and oxygen atoms in total. The van der Waals surface area contributed by atoms with E-state index in [0.29, 0.717) is 25.4 Å². The van der Waals surface area contributed by atoms with Crippen LogP contribution in [-0.2, 0) is 9.59 Å². The quantitative estimate of drug-likeness (QED) is 0.796. The van der Waals surface area contributed by atoms with Crippen molar-refractivity contribution in [3.05, 3.63) is 0 Å². The van der Waals surface area contributed by atoms with Crippen LogP contribution in [0.2, 0.25) is 0 Å². The minimum atomic E-state index is -0.778. The zero-order valence-electron chi connectivity index (χ0n) is 11.6. The molecule has 2 fully saturated rings. The Balaban J connectivity index is 1.76. The zero-order valence-corrected chi connectivity index (χ0v) is 11.6. The molecule has 0 aromatic heterocycles. The molecule has 2 rings (SSSR count). The first-order valence-electron chi connectivity index (χ1n) is 7.29. The summed E-state index contributed by atoms with van der Waals surface area (Å²) in [6.45, 7) is 5.00. The van der Waals surface area contributed by atoms with Crippen molar-refractivity contribution < 1.29 is 14.7 Å². The number of aliphatic carboxylic acids is 1. The molecular weight excluding hydrogens is 244 g/mol. The largest absolute Gasteiger partial charge is 0.481 e. The van der Waals surface area contributed by atoms with Gasteiger partial charge in [0.2, 0.25) is 5.91 Å². The Labute approximate surface area is 114 Å². The summed E-state index contributed by atoms with van der Waals surface area (Å²) in [6, 6.07) is 0. The van der Waals surface area contributed by atoms with E-state index in [1.54, 1.807) is 4.90 Å². The van der Waals surface area contributed by atoms with E-state index >= 15 is 0 Å². The molecule has 0 aromatic carbocycles. The molecule has 2 aliphatic rings. The number of hydrogen-bond acceptors (Lipinski definition) is 3. The van der Waals surface area contributed by atoms with Crippen LogP contribution in [-0.4, -0.2) is 48.1 Å². The summed E-state index contributed by atoms with van der Waals surface area (Å²) >= 11 is 0. The first-order valence-corrected chi connectivity index (χ1v) is 7.29. The molecule has 2 N–H and O–H groups in total. The normalized spacial score (nSPS) is 31.4. The lowest BCUT2D eigenvalue weighted by molar-refractivity contribution is -0.142. The molecule has 0 radical (unpaired) electrons. The van der Waals surface area contributed by atoms with E-state index in [0.717, 1.165) is 19.5 Å².